The SMILES string of the molecule is C=C(CCCC)C(=O)[O-]. The number of rotatable bonds is 4. The van der Waals surface area contributed by atoms with Crippen LogP contribution in [0.5, 0.6) is 0 Å². The molecule has 0 unspecified atom stereocenters. The lowest BCUT2D eigenvalue weighted by atomic mass is 10.1. The molecule has 0 aromatic carbocycles. The first-order chi connectivity index (χ1) is 4.18. The van der Waals surface area contributed by atoms with Crippen LogP contribution in [0.2, 0.25) is 0 Å². The van der Waals surface area contributed by atoms with Gasteiger partial charge in [0, 0.05) is 0 Å². The summed E-state index contributed by atoms with van der Waals surface area (Å²) >= 11 is 0. The normalized spacial score (nSPS) is 9.00. The van der Waals surface area contributed by atoms with E-state index in [1.54, 1.807) is 0 Å². The first-order valence-electron chi connectivity index (χ1n) is 3.07. The minimum atomic E-state index is -1.12. The summed E-state index contributed by atoms with van der Waals surface area (Å²) in [6.07, 6.45) is 2.43. The summed E-state index contributed by atoms with van der Waals surface area (Å²) < 4.78 is 0. The van der Waals surface area contributed by atoms with E-state index in [-0.39, 0.29) is 5.57 Å². The van der Waals surface area contributed by atoms with E-state index in [1.807, 2.05) is 6.92 Å². The number of hydrogen-bond donors (Lipinski definition) is 0. The molecule has 9 heavy (non-hydrogen) atoms. The highest BCUT2D eigenvalue weighted by Gasteiger charge is 1.91. The van der Waals surface area contributed by atoms with E-state index in [0.29, 0.717) is 6.42 Å². The number of carbonyl (C=O) groups excluding carboxylic acids is 1. The molecule has 0 saturated carbocycles. The van der Waals surface area contributed by atoms with Crippen LogP contribution in [0.15, 0.2) is 12.2 Å². The monoisotopic (exact) mass is 127 g/mol. The zero-order chi connectivity index (χ0) is 7.28. The molecule has 0 spiro atoms. The van der Waals surface area contributed by atoms with E-state index < -0.39 is 5.97 Å². The van der Waals surface area contributed by atoms with Crippen molar-refractivity contribution in [2.75, 3.05) is 0 Å². The minimum absolute atomic E-state index is 0.205. The lowest BCUT2D eigenvalue weighted by molar-refractivity contribution is -0.299. The van der Waals surface area contributed by atoms with E-state index in [0.717, 1.165) is 12.8 Å². The molecule has 52 valence electrons. The number of hydrogen-bond acceptors (Lipinski definition) is 2. The van der Waals surface area contributed by atoms with Crippen LogP contribution in [0, 0.1) is 0 Å². The maximum Gasteiger partial charge on any atom is 0.0668 e. The summed E-state index contributed by atoms with van der Waals surface area (Å²) in [7, 11) is 0. The van der Waals surface area contributed by atoms with Crippen molar-refractivity contribution < 1.29 is 9.90 Å². The van der Waals surface area contributed by atoms with Crippen molar-refractivity contribution in [3.63, 3.8) is 0 Å². The van der Waals surface area contributed by atoms with Crippen LogP contribution in [-0.2, 0) is 4.79 Å². The maximum atomic E-state index is 9.99. The van der Waals surface area contributed by atoms with E-state index in [1.165, 1.54) is 0 Å². The van der Waals surface area contributed by atoms with Gasteiger partial charge >= 0.3 is 0 Å². The van der Waals surface area contributed by atoms with Crippen molar-refractivity contribution in [2.24, 2.45) is 0 Å². The number of carboxylic acids is 1. The van der Waals surface area contributed by atoms with Gasteiger partial charge in [0.2, 0.25) is 0 Å². The van der Waals surface area contributed by atoms with Crippen LogP contribution in [0.1, 0.15) is 26.2 Å². The number of carbonyl (C=O) groups is 1. The molecule has 0 amide bonds. The molecule has 2 heteroatoms. The highest BCUT2D eigenvalue weighted by molar-refractivity contribution is 5.83. The highest BCUT2D eigenvalue weighted by Crippen LogP contribution is 2.02. The summed E-state index contributed by atoms with van der Waals surface area (Å²) in [5.74, 6) is -1.12. The fourth-order valence-electron chi connectivity index (χ4n) is 0.492. The smallest absolute Gasteiger partial charge is 0.0668 e. The number of aliphatic carboxylic acids is 1. The molecule has 0 atom stereocenters. The molecule has 0 bridgehead atoms. The molecule has 0 radical (unpaired) electrons. The molecule has 0 aliphatic carbocycles. The Morgan fingerprint density at radius 3 is 2.56 bits per heavy atom. The summed E-state index contributed by atoms with van der Waals surface area (Å²) in [5, 5.41) is 9.99. The van der Waals surface area contributed by atoms with Gasteiger partial charge in [0.05, 0.1) is 5.97 Å². The molecule has 0 aromatic rings. The summed E-state index contributed by atoms with van der Waals surface area (Å²) in [5.41, 5.74) is 0.205. The van der Waals surface area contributed by atoms with Crippen molar-refractivity contribution in [3.8, 4) is 0 Å². The molecule has 0 fully saturated rings. The Morgan fingerprint density at radius 2 is 2.22 bits per heavy atom. The second kappa shape index (κ2) is 4.13. The lowest BCUT2D eigenvalue weighted by Crippen LogP contribution is -2.23. The molecular formula is C7H11O2-. The second-order valence-corrected chi connectivity index (χ2v) is 1.99. The van der Waals surface area contributed by atoms with Crippen molar-refractivity contribution in [2.45, 2.75) is 26.2 Å². The van der Waals surface area contributed by atoms with Gasteiger partial charge in [-0.15, -0.1) is 0 Å². The van der Waals surface area contributed by atoms with Crippen LogP contribution < -0.4 is 5.11 Å². The molecule has 0 N–H and O–H groups in total. The zero-order valence-electron chi connectivity index (χ0n) is 5.64. The predicted octanol–water partition coefficient (Wildman–Crippen LogP) is 0.483. The summed E-state index contributed by atoms with van der Waals surface area (Å²) in [6.45, 7) is 5.33. The fraction of sp³-hybridized carbons (Fsp3) is 0.571. The molecular weight excluding hydrogens is 116 g/mol. The Labute approximate surface area is 55.2 Å². The standard InChI is InChI=1S/C7H12O2/c1-3-4-5-6(2)7(8)9/h2-5H2,1H3,(H,8,9)/p-1. The third kappa shape index (κ3) is 3.76. The Bertz CT molecular complexity index is 116. The maximum absolute atomic E-state index is 9.99. The fourth-order valence-corrected chi connectivity index (χ4v) is 0.492. The van der Waals surface area contributed by atoms with Gasteiger partial charge in [-0.3, -0.25) is 0 Å². The van der Waals surface area contributed by atoms with Crippen molar-refractivity contribution in [1.29, 1.82) is 0 Å². The van der Waals surface area contributed by atoms with Crippen LogP contribution >= 0.6 is 0 Å². The van der Waals surface area contributed by atoms with Gasteiger partial charge in [0.15, 0.2) is 0 Å². The summed E-state index contributed by atoms with van der Waals surface area (Å²) in [4.78, 5) is 9.99. The highest BCUT2D eigenvalue weighted by atomic mass is 16.4. The molecule has 0 saturated heterocycles. The minimum Gasteiger partial charge on any atom is -0.545 e. The van der Waals surface area contributed by atoms with E-state index in [9.17, 15) is 9.90 Å². The van der Waals surface area contributed by atoms with Gasteiger partial charge in [-0.1, -0.05) is 19.9 Å². The Kier molecular flexibility index (Phi) is 3.76. The van der Waals surface area contributed by atoms with Crippen LogP contribution in [0.4, 0.5) is 0 Å². The number of unbranched alkanes of at least 4 members (excludes halogenated alkanes) is 1. The van der Waals surface area contributed by atoms with Crippen molar-refractivity contribution >= 4 is 5.97 Å². The van der Waals surface area contributed by atoms with Gasteiger partial charge in [-0.05, 0) is 18.4 Å². The Hall–Kier alpha value is -0.790. The largest absolute Gasteiger partial charge is 0.545 e. The molecule has 0 aromatic heterocycles. The van der Waals surface area contributed by atoms with Crippen molar-refractivity contribution in [3.05, 3.63) is 12.2 Å². The van der Waals surface area contributed by atoms with Crippen LogP contribution in [-0.4, -0.2) is 5.97 Å². The molecule has 2 nitrogen and oxygen atoms in total. The topological polar surface area (TPSA) is 40.1 Å². The third-order valence-electron chi connectivity index (χ3n) is 1.12. The first kappa shape index (κ1) is 8.21. The lowest BCUT2D eigenvalue weighted by Gasteiger charge is -2.03. The predicted molar refractivity (Wildman–Crippen MR) is 33.7 cm³/mol. The van der Waals surface area contributed by atoms with Crippen LogP contribution in [0.25, 0.3) is 0 Å². The average molecular weight is 127 g/mol. The van der Waals surface area contributed by atoms with Gasteiger partial charge < -0.3 is 9.90 Å². The molecule has 0 aliphatic heterocycles. The van der Waals surface area contributed by atoms with E-state index >= 15 is 0 Å². The Balaban J connectivity index is 3.39. The average Bonchev–Trinajstić information content (AvgIpc) is 1.82. The third-order valence-corrected chi connectivity index (χ3v) is 1.12. The van der Waals surface area contributed by atoms with Crippen molar-refractivity contribution in [1.82, 2.24) is 0 Å². The van der Waals surface area contributed by atoms with Gasteiger partial charge in [-0.25, -0.2) is 0 Å². The van der Waals surface area contributed by atoms with Gasteiger partial charge in [0.1, 0.15) is 0 Å². The molecule has 0 heterocycles. The Morgan fingerprint density at radius 1 is 1.67 bits per heavy atom. The van der Waals surface area contributed by atoms with E-state index in [4.69, 9.17) is 0 Å². The van der Waals surface area contributed by atoms with Gasteiger partial charge in [-0.2, -0.15) is 0 Å². The van der Waals surface area contributed by atoms with Gasteiger partial charge in [0.25, 0.3) is 0 Å². The molecule has 0 aliphatic rings. The first-order valence-corrected chi connectivity index (χ1v) is 3.07. The molecule has 0 rings (SSSR count). The quantitative estimate of drug-likeness (QED) is 0.515. The second-order valence-electron chi connectivity index (χ2n) is 1.99. The van der Waals surface area contributed by atoms with Crippen LogP contribution in [0.3, 0.4) is 0 Å². The summed E-state index contributed by atoms with van der Waals surface area (Å²) in [6, 6.07) is 0. The number of carboxylic acid groups (broad SMARTS) is 1. The van der Waals surface area contributed by atoms with E-state index in [2.05, 4.69) is 6.58 Å². The zero-order valence-corrected chi connectivity index (χ0v) is 5.64.